The standard InChI is InChI=1S/C22H20N4O3S2/c1-13-3-4-14(2)20-19(13)23-22(31-20)25-9-7-24(8-10-25)21(27)18-12-15-11-16(26(28)29)5-6-17(15)30-18/h3-6,11-12H,7-10H2,1-2H3. The number of thiazole rings is 1. The summed E-state index contributed by atoms with van der Waals surface area (Å²) >= 11 is 3.10. The van der Waals surface area contributed by atoms with Crippen LogP contribution in [-0.2, 0) is 0 Å². The second kappa shape index (κ2) is 7.58. The lowest BCUT2D eigenvalue weighted by molar-refractivity contribution is -0.384. The third-order valence-corrected chi connectivity index (χ3v) is 8.05. The van der Waals surface area contributed by atoms with E-state index in [4.69, 9.17) is 4.98 Å². The predicted molar refractivity (Wildman–Crippen MR) is 126 cm³/mol. The molecule has 2 aromatic heterocycles. The van der Waals surface area contributed by atoms with Crippen molar-refractivity contribution in [3.05, 3.63) is 62.5 Å². The summed E-state index contributed by atoms with van der Waals surface area (Å²) in [6.07, 6.45) is 0. The maximum absolute atomic E-state index is 13.0. The third-order valence-electron chi connectivity index (χ3n) is 5.69. The Morgan fingerprint density at radius 3 is 2.48 bits per heavy atom. The molecule has 0 N–H and O–H groups in total. The van der Waals surface area contributed by atoms with Crippen LogP contribution in [0.15, 0.2) is 36.4 Å². The van der Waals surface area contributed by atoms with Crippen molar-refractivity contribution in [2.75, 3.05) is 31.1 Å². The van der Waals surface area contributed by atoms with Crippen molar-refractivity contribution in [2.24, 2.45) is 0 Å². The number of nitro benzene ring substituents is 1. The molecule has 0 unspecified atom stereocenters. The smallest absolute Gasteiger partial charge is 0.270 e. The number of amides is 1. The number of piperazine rings is 1. The molecule has 1 amide bonds. The minimum absolute atomic E-state index is 0.0144. The summed E-state index contributed by atoms with van der Waals surface area (Å²) in [5.74, 6) is -0.0144. The van der Waals surface area contributed by atoms with E-state index in [1.54, 1.807) is 23.5 Å². The van der Waals surface area contributed by atoms with Gasteiger partial charge in [-0.15, -0.1) is 11.3 Å². The van der Waals surface area contributed by atoms with Crippen molar-refractivity contribution in [3.8, 4) is 0 Å². The number of benzene rings is 2. The van der Waals surface area contributed by atoms with Crippen molar-refractivity contribution in [1.82, 2.24) is 9.88 Å². The van der Waals surface area contributed by atoms with Gasteiger partial charge in [-0.05, 0) is 37.1 Å². The van der Waals surface area contributed by atoms with Crippen molar-refractivity contribution in [2.45, 2.75) is 13.8 Å². The van der Waals surface area contributed by atoms with Gasteiger partial charge in [-0.2, -0.15) is 0 Å². The number of non-ortho nitro benzene ring substituents is 1. The number of aryl methyl sites for hydroxylation is 2. The molecule has 0 spiro atoms. The third kappa shape index (κ3) is 3.53. The molecule has 0 bridgehead atoms. The SMILES string of the molecule is Cc1ccc(C)c2sc(N3CCN(C(=O)c4cc5cc([N+](=O)[O-])ccc5s4)CC3)nc12. The Bertz CT molecular complexity index is 1300. The summed E-state index contributed by atoms with van der Waals surface area (Å²) in [5, 5.41) is 12.7. The second-order valence-electron chi connectivity index (χ2n) is 7.74. The average molecular weight is 453 g/mol. The fourth-order valence-corrected chi connectivity index (χ4v) is 6.06. The van der Waals surface area contributed by atoms with E-state index in [2.05, 4.69) is 30.9 Å². The van der Waals surface area contributed by atoms with Crippen LogP contribution in [0.2, 0.25) is 0 Å². The van der Waals surface area contributed by atoms with Crippen LogP contribution in [0.3, 0.4) is 0 Å². The van der Waals surface area contributed by atoms with Gasteiger partial charge in [-0.3, -0.25) is 14.9 Å². The van der Waals surface area contributed by atoms with Crippen molar-refractivity contribution < 1.29 is 9.72 Å². The Hall–Kier alpha value is -3.04. The number of hydrogen-bond donors (Lipinski definition) is 0. The fraction of sp³-hybridized carbons (Fsp3) is 0.273. The molecule has 31 heavy (non-hydrogen) atoms. The number of thiophene rings is 1. The molecule has 0 saturated carbocycles. The Labute approximate surface area is 186 Å². The van der Waals surface area contributed by atoms with Crippen molar-refractivity contribution in [3.63, 3.8) is 0 Å². The summed E-state index contributed by atoms with van der Waals surface area (Å²) < 4.78 is 2.11. The molecular formula is C22H20N4O3S2. The number of hydrogen-bond acceptors (Lipinski definition) is 7. The number of nitrogens with zero attached hydrogens (tertiary/aromatic N) is 4. The number of aromatic nitrogens is 1. The maximum Gasteiger partial charge on any atom is 0.270 e. The molecule has 4 aromatic rings. The van der Waals surface area contributed by atoms with Gasteiger partial charge in [0.1, 0.15) is 0 Å². The summed E-state index contributed by atoms with van der Waals surface area (Å²) in [5.41, 5.74) is 3.53. The first-order chi connectivity index (χ1) is 14.9. The van der Waals surface area contributed by atoms with E-state index in [1.807, 2.05) is 4.90 Å². The monoisotopic (exact) mass is 452 g/mol. The van der Waals surface area contributed by atoms with Gasteiger partial charge in [-0.1, -0.05) is 23.5 Å². The second-order valence-corrected chi connectivity index (χ2v) is 9.80. The fourth-order valence-electron chi connectivity index (χ4n) is 3.89. The van der Waals surface area contributed by atoms with Crippen LogP contribution < -0.4 is 4.90 Å². The van der Waals surface area contributed by atoms with Crippen LogP contribution >= 0.6 is 22.7 Å². The molecule has 3 heterocycles. The zero-order chi connectivity index (χ0) is 21.7. The Morgan fingerprint density at radius 1 is 1.03 bits per heavy atom. The van der Waals surface area contributed by atoms with Crippen LogP contribution in [-0.4, -0.2) is 46.9 Å². The van der Waals surface area contributed by atoms with Crippen molar-refractivity contribution in [1.29, 1.82) is 0 Å². The zero-order valence-electron chi connectivity index (χ0n) is 17.1. The van der Waals surface area contributed by atoms with E-state index < -0.39 is 4.92 Å². The molecule has 0 atom stereocenters. The van der Waals surface area contributed by atoms with Gasteiger partial charge < -0.3 is 9.80 Å². The highest BCUT2D eigenvalue weighted by molar-refractivity contribution is 7.22. The first kappa shape index (κ1) is 19.9. The molecule has 158 valence electrons. The van der Waals surface area contributed by atoms with Gasteiger partial charge in [0.25, 0.3) is 11.6 Å². The number of rotatable bonds is 3. The molecule has 9 heteroatoms. The van der Waals surface area contributed by atoms with Gasteiger partial charge in [0, 0.05) is 48.4 Å². The minimum atomic E-state index is -0.414. The Morgan fingerprint density at radius 2 is 1.77 bits per heavy atom. The van der Waals surface area contributed by atoms with E-state index in [-0.39, 0.29) is 11.6 Å². The molecule has 1 aliphatic rings. The van der Waals surface area contributed by atoms with Gasteiger partial charge in [-0.25, -0.2) is 4.98 Å². The van der Waals surface area contributed by atoms with Crippen LogP contribution in [0.1, 0.15) is 20.8 Å². The number of carbonyl (C=O) groups excluding carboxylic acids is 1. The molecule has 7 nitrogen and oxygen atoms in total. The lowest BCUT2D eigenvalue weighted by atomic mass is 10.1. The van der Waals surface area contributed by atoms with E-state index in [0.29, 0.717) is 18.0 Å². The number of carbonyl (C=O) groups is 1. The van der Waals surface area contributed by atoms with Gasteiger partial charge in [0.15, 0.2) is 5.13 Å². The normalized spacial score (nSPS) is 14.5. The lowest BCUT2D eigenvalue weighted by Crippen LogP contribution is -2.48. The molecule has 1 fully saturated rings. The molecule has 0 aliphatic carbocycles. The van der Waals surface area contributed by atoms with E-state index in [0.717, 1.165) is 33.8 Å². The number of fused-ring (bicyclic) bond motifs is 2. The topological polar surface area (TPSA) is 79.6 Å². The van der Waals surface area contributed by atoms with Crippen molar-refractivity contribution >= 4 is 59.7 Å². The van der Waals surface area contributed by atoms with Crippen LogP contribution in [0.25, 0.3) is 20.3 Å². The maximum atomic E-state index is 13.0. The Kier molecular flexibility index (Phi) is 4.86. The van der Waals surface area contributed by atoms with Gasteiger partial charge in [0.05, 0.1) is 20.0 Å². The number of anilines is 1. The highest BCUT2D eigenvalue weighted by Crippen LogP contribution is 2.34. The molecule has 0 radical (unpaired) electrons. The number of nitro groups is 1. The Balaban J connectivity index is 1.32. The summed E-state index contributed by atoms with van der Waals surface area (Å²) in [4.78, 5) is 33.2. The van der Waals surface area contributed by atoms with E-state index in [9.17, 15) is 14.9 Å². The largest absolute Gasteiger partial charge is 0.345 e. The molecule has 1 saturated heterocycles. The highest BCUT2D eigenvalue weighted by atomic mass is 32.1. The highest BCUT2D eigenvalue weighted by Gasteiger charge is 2.25. The average Bonchev–Trinajstić information content (AvgIpc) is 3.41. The van der Waals surface area contributed by atoms with E-state index >= 15 is 0 Å². The first-order valence-electron chi connectivity index (χ1n) is 9.99. The van der Waals surface area contributed by atoms with E-state index in [1.165, 1.54) is 39.3 Å². The molecule has 1 aliphatic heterocycles. The van der Waals surface area contributed by atoms with Gasteiger partial charge in [0.2, 0.25) is 0 Å². The molecular weight excluding hydrogens is 432 g/mol. The summed E-state index contributed by atoms with van der Waals surface area (Å²) in [7, 11) is 0. The predicted octanol–water partition coefficient (Wildman–Crippen LogP) is 5.00. The van der Waals surface area contributed by atoms with Crippen LogP contribution in [0.5, 0.6) is 0 Å². The molecule has 2 aromatic carbocycles. The zero-order valence-corrected chi connectivity index (χ0v) is 18.8. The summed E-state index contributed by atoms with van der Waals surface area (Å²) in [6.45, 7) is 6.92. The summed E-state index contributed by atoms with van der Waals surface area (Å²) in [6, 6.07) is 10.7. The molecule has 5 rings (SSSR count). The van der Waals surface area contributed by atoms with Crippen LogP contribution in [0.4, 0.5) is 10.8 Å². The quantitative estimate of drug-likeness (QED) is 0.323. The first-order valence-corrected chi connectivity index (χ1v) is 11.6. The lowest BCUT2D eigenvalue weighted by Gasteiger charge is -2.34. The van der Waals surface area contributed by atoms with Crippen LogP contribution in [0, 0.1) is 24.0 Å². The minimum Gasteiger partial charge on any atom is -0.345 e. The van der Waals surface area contributed by atoms with Gasteiger partial charge >= 0.3 is 0 Å².